The smallest absolute Gasteiger partial charge is 0.126 e. The zero-order valence-electron chi connectivity index (χ0n) is 8.35. The zero-order chi connectivity index (χ0) is 10.8. The molecule has 82 valence electrons. The minimum atomic E-state index is -0.498. The molecule has 0 nitrogen and oxygen atoms in total. The van der Waals surface area contributed by atoms with Crippen LogP contribution in [0, 0.1) is 11.6 Å². The zero-order valence-corrected chi connectivity index (χ0v) is 9.11. The Labute approximate surface area is 93.2 Å². The minimum absolute atomic E-state index is 0.148. The van der Waals surface area contributed by atoms with Gasteiger partial charge in [0.1, 0.15) is 11.6 Å². The van der Waals surface area contributed by atoms with Gasteiger partial charge in [-0.25, -0.2) is 8.78 Å². The quantitative estimate of drug-likeness (QED) is 0.634. The number of benzene rings is 1. The van der Waals surface area contributed by atoms with E-state index in [1.807, 2.05) is 0 Å². The Morgan fingerprint density at radius 1 is 1.07 bits per heavy atom. The highest BCUT2D eigenvalue weighted by molar-refractivity contribution is 6.20. The van der Waals surface area contributed by atoms with Crippen LogP contribution in [0.2, 0.25) is 0 Å². The standard InChI is InChI=1S/C12H13ClF2/c13-10-3-1-2-8(4-10)9-5-11(14)7-12(15)6-9/h5-8,10H,1-4H2. The van der Waals surface area contributed by atoms with Crippen molar-refractivity contribution in [2.24, 2.45) is 0 Å². The van der Waals surface area contributed by atoms with Gasteiger partial charge in [-0.15, -0.1) is 11.6 Å². The topological polar surface area (TPSA) is 0 Å². The van der Waals surface area contributed by atoms with Gasteiger partial charge < -0.3 is 0 Å². The molecule has 2 atom stereocenters. The molecular weight excluding hydrogens is 218 g/mol. The molecule has 15 heavy (non-hydrogen) atoms. The van der Waals surface area contributed by atoms with E-state index >= 15 is 0 Å². The lowest BCUT2D eigenvalue weighted by atomic mass is 9.84. The van der Waals surface area contributed by atoms with E-state index in [0.717, 1.165) is 37.3 Å². The second-order valence-electron chi connectivity index (χ2n) is 4.16. The largest absolute Gasteiger partial charge is 0.207 e. The average molecular weight is 231 g/mol. The lowest BCUT2D eigenvalue weighted by molar-refractivity contribution is 0.445. The van der Waals surface area contributed by atoms with Gasteiger partial charge in [-0.1, -0.05) is 6.42 Å². The Bertz CT molecular complexity index is 331. The van der Waals surface area contributed by atoms with E-state index < -0.39 is 11.6 Å². The Kier molecular flexibility index (Phi) is 3.25. The van der Waals surface area contributed by atoms with Crippen molar-refractivity contribution >= 4 is 11.6 Å². The molecule has 0 spiro atoms. The molecule has 1 aliphatic rings. The van der Waals surface area contributed by atoms with Gasteiger partial charge in [0.25, 0.3) is 0 Å². The number of halogens is 3. The van der Waals surface area contributed by atoms with E-state index in [4.69, 9.17) is 11.6 Å². The number of hydrogen-bond acceptors (Lipinski definition) is 0. The molecule has 0 saturated heterocycles. The predicted molar refractivity (Wildman–Crippen MR) is 57.2 cm³/mol. The normalized spacial score (nSPS) is 26.6. The van der Waals surface area contributed by atoms with E-state index in [1.54, 1.807) is 0 Å². The second kappa shape index (κ2) is 4.48. The molecule has 1 aromatic rings. The van der Waals surface area contributed by atoms with Crippen molar-refractivity contribution in [1.82, 2.24) is 0 Å². The molecule has 0 aromatic heterocycles. The maximum atomic E-state index is 13.0. The molecule has 3 heteroatoms. The molecule has 0 N–H and O–H groups in total. The van der Waals surface area contributed by atoms with Crippen molar-refractivity contribution in [2.45, 2.75) is 37.0 Å². The van der Waals surface area contributed by atoms with Gasteiger partial charge in [0.15, 0.2) is 0 Å². The Balaban J connectivity index is 2.20. The van der Waals surface area contributed by atoms with E-state index in [2.05, 4.69) is 0 Å². The second-order valence-corrected chi connectivity index (χ2v) is 4.78. The fraction of sp³-hybridized carbons (Fsp3) is 0.500. The van der Waals surface area contributed by atoms with Crippen molar-refractivity contribution < 1.29 is 8.78 Å². The molecular formula is C12H13ClF2. The van der Waals surface area contributed by atoms with E-state index in [0.29, 0.717) is 0 Å². The highest BCUT2D eigenvalue weighted by Gasteiger charge is 2.22. The molecule has 0 heterocycles. The van der Waals surface area contributed by atoms with Crippen LogP contribution in [0.15, 0.2) is 18.2 Å². The first-order valence-corrected chi connectivity index (χ1v) is 5.69. The van der Waals surface area contributed by atoms with Gasteiger partial charge >= 0.3 is 0 Å². The van der Waals surface area contributed by atoms with Crippen LogP contribution in [-0.4, -0.2) is 5.38 Å². The van der Waals surface area contributed by atoms with Crippen molar-refractivity contribution in [3.8, 4) is 0 Å². The van der Waals surface area contributed by atoms with Crippen LogP contribution < -0.4 is 0 Å². The molecule has 0 amide bonds. The Morgan fingerprint density at radius 2 is 1.73 bits per heavy atom. The maximum Gasteiger partial charge on any atom is 0.126 e. The van der Waals surface area contributed by atoms with Crippen LogP contribution in [0.3, 0.4) is 0 Å². The first-order valence-electron chi connectivity index (χ1n) is 5.25. The lowest BCUT2D eigenvalue weighted by Gasteiger charge is -2.25. The maximum absolute atomic E-state index is 13.0. The fourth-order valence-corrected chi connectivity index (χ4v) is 2.61. The average Bonchev–Trinajstić information content (AvgIpc) is 2.16. The number of hydrogen-bond donors (Lipinski definition) is 0. The molecule has 0 bridgehead atoms. The van der Waals surface area contributed by atoms with Crippen molar-refractivity contribution in [1.29, 1.82) is 0 Å². The van der Waals surface area contributed by atoms with Gasteiger partial charge in [0, 0.05) is 11.4 Å². The molecule has 1 aromatic carbocycles. The predicted octanol–water partition coefficient (Wildman–Crippen LogP) is 4.23. The van der Waals surface area contributed by atoms with Crippen molar-refractivity contribution in [2.75, 3.05) is 0 Å². The molecule has 0 aliphatic heterocycles. The van der Waals surface area contributed by atoms with Crippen LogP contribution in [0.25, 0.3) is 0 Å². The summed E-state index contributed by atoms with van der Waals surface area (Å²) in [5.74, 6) is -0.783. The van der Waals surface area contributed by atoms with Gasteiger partial charge in [-0.3, -0.25) is 0 Å². The molecule has 1 aliphatic carbocycles. The summed E-state index contributed by atoms with van der Waals surface area (Å²) in [6.45, 7) is 0. The summed E-state index contributed by atoms with van der Waals surface area (Å²) in [7, 11) is 0. The Hall–Kier alpha value is -0.630. The van der Waals surface area contributed by atoms with Gasteiger partial charge in [-0.2, -0.15) is 0 Å². The SMILES string of the molecule is Fc1cc(F)cc(C2CCCC(Cl)C2)c1. The molecule has 1 saturated carbocycles. The van der Waals surface area contributed by atoms with Crippen molar-refractivity contribution in [3.63, 3.8) is 0 Å². The minimum Gasteiger partial charge on any atom is -0.207 e. The van der Waals surface area contributed by atoms with Crippen LogP contribution in [0.4, 0.5) is 8.78 Å². The summed E-state index contributed by atoms with van der Waals surface area (Å²) < 4.78 is 26.0. The molecule has 2 unspecified atom stereocenters. The molecule has 2 rings (SSSR count). The van der Waals surface area contributed by atoms with E-state index in [1.165, 1.54) is 12.1 Å². The lowest BCUT2D eigenvalue weighted by Crippen LogP contribution is -2.14. The summed E-state index contributed by atoms with van der Waals surface area (Å²) in [6, 6.07) is 3.75. The molecule has 1 fully saturated rings. The van der Waals surface area contributed by atoms with Crippen molar-refractivity contribution in [3.05, 3.63) is 35.4 Å². The summed E-state index contributed by atoms with van der Waals surface area (Å²) in [4.78, 5) is 0. The van der Waals surface area contributed by atoms with E-state index in [-0.39, 0.29) is 11.3 Å². The monoisotopic (exact) mass is 230 g/mol. The van der Waals surface area contributed by atoms with Crippen LogP contribution >= 0.6 is 11.6 Å². The van der Waals surface area contributed by atoms with Gasteiger partial charge in [0.05, 0.1) is 0 Å². The van der Waals surface area contributed by atoms with E-state index in [9.17, 15) is 8.78 Å². The summed E-state index contributed by atoms with van der Waals surface area (Å²) in [5.41, 5.74) is 0.748. The summed E-state index contributed by atoms with van der Waals surface area (Å²) >= 11 is 6.05. The number of alkyl halides is 1. The highest BCUT2D eigenvalue weighted by atomic mass is 35.5. The summed E-state index contributed by atoms with van der Waals surface area (Å²) in [6.07, 6.45) is 3.85. The van der Waals surface area contributed by atoms with Crippen LogP contribution in [0.5, 0.6) is 0 Å². The fourth-order valence-electron chi connectivity index (χ4n) is 2.24. The third-order valence-corrected chi connectivity index (χ3v) is 3.36. The third kappa shape index (κ3) is 2.69. The van der Waals surface area contributed by atoms with Gasteiger partial charge in [0.2, 0.25) is 0 Å². The van der Waals surface area contributed by atoms with Gasteiger partial charge in [-0.05, 0) is 42.9 Å². The third-order valence-electron chi connectivity index (χ3n) is 2.97. The first kappa shape index (κ1) is 10.9. The number of rotatable bonds is 1. The molecule has 0 radical (unpaired) electrons. The highest BCUT2D eigenvalue weighted by Crippen LogP contribution is 2.35. The Morgan fingerprint density at radius 3 is 2.33 bits per heavy atom. The summed E-state index contributed by atoms with van der Waals surface area (Å²) in [5, 5.41) is 0.148. The van der Waals surface area contributed by atoms with Crippen LogP contribution in [0.1, 0.15) is 37.2 Å². The van der Waals surface area contributed by atoms with Crippen LogP contribution in [-0.2, 0) is 0 Å². The first-order chi connectivity index (χ1) is 7.15.